The summed E-state index contributed by atoms with van der Waals surface area (Å²) in [5.74, 6) is -2.08. The van der Waals surface area contributed by atoms with E-state index in [9.17, 15) is 14.7 Å². The Morgan fingerprint density at radius 1 is 1.09 bits per heavy atom. The molecule has 0 aliphatic heterocycles. The molecular weight excluding hydrogens is 278 g/mol. The monoisotopic (exact) mass is 299 g/mol. The number of amides is 1. The summed E-state index contributed by atoms with van der Waals surface area (Å²) in [6.07, 6.45) is 5.77. The molecule has 4 nitrogen and oxygen atoms in total. The first-order chi connectivity index (χ1) is 10.5. The van der Waals surface area contributed by atoms with Gasteiger partial charge >= 0.3 is 5.97 Å². The molecule has 1 aromatic carbocycles. The van der Waals surface area contributed by atoms with Crippen molar-refractivity contribution in [2.45, 2.75) is 26.7 Å². The van der Waals surface area contributed by atoms with Crippen LogP contribution in [0.1, 0.15) is 24.0 Å². The van der Waals surface area contributed by atoms with E-state index in [-0.39, 0.29) is 17.7 Å². The molecule has 0 aromatic heterocycles. The Bertz CT molecular complexity index is 650. The predicted molar refractivity (Wildman–Crippen MR) is 84.5 cm³/mol. The number of fused-ring (bicyclic) bond motifs is 2. The zero-order valence-corrected chi connectivity index (χ0v) is 12.9. The summed E-state index contributed by atoms with van der Waals surface area (Å²) < 4.78 is 0. The van der Waals surface area contributed by atoms with E-state index in [2.05, 4.69) is 5.32 Å². The summed E-state index contributed by atoms with van der Waals surface area (Å²) in [6.45, 7) is 3.91. The minimum absolute atomic E-state index is 0.0168. The van der Waals surface area contributed by atoms with E-state index in [1.807, 2.05) is 44.2 Å². The average Bonchev–Trinajstić information content (AvgIpc) is 2.51. The molecule has 1 amide bonds. The van der Waals surface area contributed by atoms with Gasteiger partial charge in [-0.25, -0.2) is 0 Å². The van der Waals surface area contributed by atoms with Gasteiger partial charge < -0.3 is 10.4 Å². The van der Waals surface area contributed by atoms with Crippen LogP contribution in [0.15, 0.2) is 30.4 Å². The number of anilines is 1. The normalized spacial score (nSPS) is 29.4. The Hall–Kier alpha value is -2.10. The van der Waals surface area contributed by atoms with Crippen molar-refractivity contribution in [1.82, 2.24) is 0 Å². The number of carbonyl (C=O) groups is 2. The number of allylic oxidation sites excluding steroid dienone is 2. The van der Waals surface area contributed by atoms with Crippen LogP contribution >= 0.6 is 0 Å². The van der Waals surface area contributed by atoms with Crippen LogP contribution in [0.5, 0.6) is 0 Å². The van der Waals surface area contributed by atoms with Gasteiger partial charge in [-0.05, 0) is 55.7 Å². The number of aliphatic carboxylic acids is 1. The van der Waals surface area contributed by atoms with E-state index < -0.39 is 17.8 Å². The van der Waals surface area contributed by atoms with Crippen molar-refractivity contribution in [1.29, 1.82) is 0 Å². The molecule has 4 heteroatoms. The predicted octanol–water partition coefficient (Wildman–Crippen LogP) is 3.15. The van der Waals surface area contributed by atoms with Crippen LogP contribution in [0.4, 0.5) is 5.69 Å². The van der Waals surface area contributed by atoms with Crippen molar-refractivity contribution in [3.63, 3.8) is 0 Å². The molecule has 4 rings (SSSR count). The molecule has 0 saturated heterocycles. The Balaban J connectivity index is 1.86. The summed E-state index contributed by atoms with van der Waals surface area (Å²) in [7, 11) is 0. The van der Waals surface area contributed by atoms with Crippen LogP contribution < -0.4 is 5.32 Å². The Morgan fingerprint density at radius 3 is 2.32 bits per heavy atom. The van der Waals surface area contributed by atoms with Gasteiger partial charge in [-0.2, -0.15) is 0 Å². The van der Waals surface area contributed by atoms with Crippen LogP contribution in [0.3, 0.4) is 0 Å². The fraction of sp³-hybridized carbons (Fsp3) is 0.444. The molecule has 1 saturated carbocycles. The fourth-order valence-electron chi connectivity index (χ4n) is 3.77. The highest BCUT2D eigenvalue weighted by atomic mass is 16.4. The lowest BCUT2D eigenvalue weighted by atomic mass is 9.62. The maximum absolute atomic E-state index is 12.7. The Morgan fingerprint density at radius 2 is 1.73 bits per heavy atom. The maximum atomic E-state index is 12.7. The number of carboxylic acid groups (broad SMARTS) is 1. The first-order valence-corrected chi connectivity index (χ1v) is 7.76. The Labute approximate surface area is 130 Å². The third-order valence-corrected chi connectivity index (χ3v) is 4.99. The molecule has 3 aliphatic rings. The minimum atomic E-state index is -0.861. The smallest absolute Gasteiger partial charge is 0.307 e. The molecule has 4 atom stereocenters. The van der Waals surface area contributed by atoms with Gasteiger partial charge in [0, 0.05) is 5.69 Å². The standard InChI is InChI=1S/C18H21NO3/c1-10-3-4-11(2)14(9-10)19-17(20)15-12-5-7-13(8-6-12)16(15)18(21)22/h3-5,7,9,12-13,15-16H,6,8H2,1-2H3,(H,19,20)(H,21,22). The molecule has 116 valence electrons. The number of nitrogens with one attached hydrogen (secondary N) is 1. The van der Waals surface area contributed by atoms with Crippen molar-refractivity contribution >= 4 is 17.6 Å². The van der Waals surface area contributed by atoms with Crippen molar-refractivity contribution < 1.29 is 14.7 Å². The topological polar surface area (TPSA) is 66.4 Å². The number of carbonyl (C=O) groups excluding carboxylic acids is 1. The van der Waals surface area contributed by atoms with Gasteiger partial charge in [0.2, 0.25) is 5.91 Å². The fourth-order valence-corrected chi connectivity index (χ4v) is 3.77. The van der Waals surface area contributed by atoms with Crippen LogP contribution in [0.2, 0.25) is 0 Å². The molecule has 1 fully saturated rings. The molecule has 2 N–H and O–H groups in total. The van der Waals surface area contributed by atoms with Crippen molar-refractivity contribution in [3.8, 4) is 0 Å². The lowest BCUT2D eigenvalue weighted by molar-refractivity contribution is -0.151. The highest BCUT2D eigenvalue weighted by molar-refractivity contribution is 5.96. The van der Waals surface area contributed by atoms with Gasteiger partial charge in [0.05, 0.1) is 11.8 Å². The van der Waals surface area contributed by atoms with E-state index >= 15 is 0 Å². The molecule has 4 unspecified atom stereocenters. The van der Waals surface area contributed by atoms with Gasteiger partial charge in [-0.3, -0.25) is 9.59 Å². The maximum Gasteiger partial charge on any atom is 0.307 e. The quantitative estimate of drug-likeness (QED) is 0.843. The second-order valence-electron chi connectivity index (χ2n) is 6.49. The van der Waals surface area contributed by atoms with Gasteiger partial charge in [0.25, 0.3) is 0 Å². The summed E-state index contributed by atoms with van der Waals surface area (Å²) in [6, 6.07) is 5.89. The molecule has 2 bridgehead atoms. The van der Waals surface area contributed by atoms with E-state index in [0.29, 0.717) is 0 Å². The first kappa shape index (κ1) is 14.8. The van der Waals surface area contributed by atoms with E-state index in [4.69, 9.17) is 0 Å². The van der Waals surface area contributed by atoms with Gasteiger partial charge in [-0.1, -0.05) is 24.3 Å². The van der Waals surface area contributed by atoms with Crippen molar-refractivity contribution in [2.24, 2.45) is 23.7 Å². The van der Waals surface area contributed by atoms with Crippen LogP contribution in [0, 0.1) is 37.5 Å². The number of hydrogen-bond acceptors (Lipinski definition) is 2. The SMILES string of the molecule is Cc1ccc(C)c(NC(=O)C2C3C=CC(CC3)C2C(=O)O)c1. The number of aryl methyl sites for hydroxylation is 2. The summed E-state index contributed by atoms with van der Waals surface area (Å²) in [5, 5.41) is 12.5. The highest BCUT2D eigenvalue weighted by Crippen LogP contribution is 2.45. The lowest BCUT2D eigenvalue weighted by Gasteiger charge is -2.41. The summed E-state index contributed by atoms with van der Waals surface area (Å²) in [5.41, 5.74) is 2.84. The third-order valence-electron chi connectivity index (χ3n) is 4.99. The second-order valence-corrected chi connectivity index (χ2v) is 6.49. The molecule has 3 aliphatic carbocycles. The van der Waals surface area contributed by atoms with Gasteiger partial charge in [0.15, 0.2) is 0 Å². The van der Waals surface area contributed by atoms with Crippen LogP contribution in [-0.2, 0) is 9.59 Å². The third kappa shape index (κ3) is 2.54. The number of benzene rings is 1. The van der Waals surface area contributed by atoms with Crippen molar-refractivity contribution in [3.05, 3.63) is 41.5 Å². The molecule has 0 heterocycles. The van der Waals surface area contributed by atoms with Crippen LogP contribution in [-0.4, -0.2) is 17.0 Å². The van der Waals surface area contributed by atoms with E-state index in [1.165, 1.54) is 0 Å². The van der Waals surface area contributed by atoms with Crippen molar-refractivity contribution in [2.75, 3.05) is 5.32 Å². The van der Waals surface area contributed by atoms with Gasteiger partial charge in [-0.15, -0.1) is 0 Å². The molecule has 1 aromatic rings. The van der Waals surface area contributed by atoms with E-state index in [1.54, 1.807) is 0 Å². The molecule has 22 heavy (non-hydrogen) atoms. The molecule has 0 spiro atoms. The zero-order chi connectivity index (χ0) is 15.9. The van der Waals surface area contributed by atoms with Gasteiger partial charge in [0.1, 0.15) is 0 Å². The minimum Gasteiger partial charge on any atom is -0.481 e. The lowest BCUT2D eigenvalue weighted by Crippen LogP contribution is -2.47. The largest absolute Gasteiger partial charge is 0.481 e. The highest BCUT2D eigenvalue weighted by Gasteiger charge is 2.48. The van der Waals surface area contributed by atoms with Crippen LogP contribution in [0.25, 0.3) is 0 Å². The number of hydrogen-bond donors (Lipinski definition) is 2. The Kier molecular flexibility index (Phi) is 3.77. The number of carboxylic acids is 1. The number of rotatable bonds is 3. The molecule has 0 radical (unpaired) electrons. The second kappa shape index (κ2) is 5.59. The summed E-state index contributed by atoms with van der Waals surface area (Å²) >= 11 is 0. The summed E-state index contributed by atoms with van der Waals surface area (Å²) in [4.78, 5) is 24.3. The zero-order valence-electron chi connectivity index (χ0n) is 12.9. The molecular formula is C18H21NO3. The van der Waals surface area contributed by atoms with E-state index in [0.717, 1.165) is 29.7 Å². The average molecular weight is 299 g/mol. The first-order valence-electron chi connectivity index (χ1n) is 7.76.